The molecule has 0 aliphatic carbocycles. The number of ether oxygens (including phenoxy) is 3. The summed E-state index contributed by atoms with van der Waals surface area (Å²) in [5, 5.41) is 15.5. The van der Waals surface area contributed by atoms with Crippen molar-refractivity contribution in [3.05, 3.63) is 66.0 Å². The number of nitrogens with zero attached hydrogens (tertiary/aromatic N) is 4. The fourth-order valence-corrected chi connectivity index (χ4v) is 3.03. The van der Waals surface area contributed by atoms with Crippen LogP contribution in [-0.4, -0.2) is 53.1 Å². The van der Waals surface area contributed by atoms with Crippen LogP contribution in [0.1, 0.15) is 10.4 Å². The number of aromatic nitrogens is 4. The topological polar surface area (TPSA) is 99.9 Å². The molecule has 0 aliphatic heterocycles. The van der Waals surface area contributed by atoms with Crippen molar-refractivity contribution in [2.45, 2.75) is 0 Å². The van der Waals surface area contributed by atoms with Gasteiger partial charge in [0, 0.05) is 11.6 Å². The third-order valence-electron chi connectivity index (χ3n) is 4.63. The number of carbonyl (C=O) groups excluding carboxylic acids is 1. The minimum absolute atomic E-state index is 0.186. The number of benzene rings is 2. The van der Waals surface area contributed by atoms with Crippen LogP contribution in [0.4, 0.5) is 4.39 Å². The summed E-state index contributed by atoms with van der Waals surface area (Å²) in [5.41, 5.74) is 1.56. The van der Waals surface area contributed by atoms with Crippen molar-refractivity contribution in [2.75, 3.05) is 27.4 Å². The van der Waals surface area contributed by atoms with E-state index < -0.39 is 5.82 Å². The summed E-state index contributed by atoms with van der Waals surface area (Å²) < 4.78 is 30.9. The largest absolute Gasteiger partial charge is 0.497 e. The number of hydrogen-bond donors (Lipinski definition) is 1. The van der Waals surface area contributed by atoms with Crippen LogP contribution in [0.25, 0.3) is 17.0 Å². The van der Waals surface area contributed by atoms with Crippen molar-refractivity contribution < 1.29 is 23.4 Å². The summed E-state index contributed by atoms with van der Waals surface area (Å²) >= 11 is 0. The highest BCUT2D eigenvalue weighted by Crippen LogP contribution is 2.32. The van der Waals surface area contributed by atoms with Gasteiger partial charge in [-0.2, -0.15) is 4.52 Å². The lowest BCUT2D eigenvalue weighted by atomic mass is 10.2. The zero-order valence-corrected chi connectivity index (χ0v) is 17.4. The molecule has 4 rings (SSSR count). The van der Waals surface area contributed by atoms with E-state index in [0.717, 1.165) is 0 Å². The molecule has 0 bridgehead atoms. The number of methoxy groups -OCH3 is 2. The first-order chi connectivity index (χ1) is 15.6. The van der Waals surface area contributed by atoms with Gasteiger partial charge in [-0.1, -0.05) is 0 Å². The predicted octanol–water partition coefficient (Wildman–Crippen LogP) is 2.76. The molecule has 4 aromatic rings. The lowest BCUT2D eigenvalue weighted by molar-refractivity contribution is 0.0946. The van der Waals surface area contributed by atoms with Crippen molar-refractivity contribution in [1.82, 2.24) is 25.1 Å². The number of carbonyl (C=O) groups is 1. The van der Waals surface area contributed by atoms with E-state index in [1.807, 2.05) is 0 Å². The molecule has 0 fully saturated rings. The maximum atomic E-state index is 13.0. The monoisotopic (exact) mass is 437 g/mol. The fourth-order valence-electron chi connectivity index (χ4n) is 3.03. The van der Waals surface area contributed by atoms with E-state index in [1.165, 1.54) is 24.3 Å². The molecule has 0 saturated heterocycles. The van der Waals surface area contributed by atoms with Crippen molar-refractivity contribution in [3.63, 3.8) is 0 Å². The van der Waals surface area contributed by atoms with Crippen LogP contribution in [0.2, 0.25) is 0 Å². The third kappa shape index (κ3) is 4.43. The Labute approximate surface area is 182 Å². The predicted molar refractivity (Wildman–Crippen MR) is 114 cm³/mol. The van der Waals surface area contributed by atoms with Gasteiger partial charge < -0.3 is 19.5 Å². The fraction of sp³-hybridized carbons (Fsp3) is 0.182. The Morgan fingerprint density at radius 3 is 2.59 bits per heavy atom. The van der Waals surface area contributed by atoms with Crippen LogP contribution >= 0.6 is 0 Å². The van der Waals surface area contributed by atoms with E-state index in [-0.39, 0.29) is 19.1 Å². The number of amides is 1. The number of fused-ring (bicyclic) bond motifs is 1. The maximum Gasteiger partial charge on any atom is 0.251 e. The van der Waals surface area contributed by atoms with Gasteiger partial charge in [-0.15, -0.1) is 15.3 Å². The van der Waals surface area contributed by atoms with Crippen LogP contribution in [0, 0.1) is 5.82 Å². The number of nitrogens with one attached hydrogen (secondary N) is 1. The van der Waals surface area contributed by atoms with Crippen molar-refractivity contribution >= 4 is 11.6 Å². The van der Waals surface area contributed by atoms with E-state index >= 15 is 0 Å². The zero-order chi connectivity index (χ0) is 22.5. The average molecular weight is 437 g/mol. The molecule has 2 aromatic carbocycles. The molecule has 1 amide bonds. The standard InChI is InChI=1S/C22H20FN5O4/c1-30-16-7-8-18(31-2)17(13-16)21-26-25-19-9-10-20(27-28(19)21)32-12-11-24-22(29)14-3-5-15(23)6-4-14/h3-10,13H,11-12H2,1-2H3,(H,24,29). The lowest BCUT2D eigenvalue weighted by Crippen LogP contribution is -2.28. The second kappa shape index (κ2) is 9.29. The normalized spacial score (nSPS) is 10.7. The molecule has 2 aromatic heterocycles. The van der Waals surface area contributed by atoms with Crippen LogP contribution < -0.4 is 19.5 Å². The highest BCUT2D eigenvalue weighted by atomic mass is 19.1. The van der Waals surface area contributed by atoms with Crippen LogP contribution in [-0.2, 0) is 0 Å². The number of rotatable bonds is 8. The van der Waals surface area contributed by atoms with E-state index in [9.17, 15) is 9.18 Å². The summed E-state index contributed by atoms with van der Waals surface area (Å²) in [7, 11) is 3.14. The molecule has 2 heterocycles. The second-order valence-corrected chi connectivity index (χ2v) is 6.64. The van der Waals surface area contributed by atoms with Crippen LogP contribution in [0.5, 0.6) is 17.4 Å². The molecule has 0 unspecified atom stereocenters. The first-order valence-corrected chi connectivity index (χ1v) is 9.70. The molecular formula is C22H20FN5O4. The van der Waals surface area contributed by atoms with E-state index in [4.69, 9.17) is 14.2 Å². The van der Waals surface area contributed by atoms with Gasteiger partial charge in [0.25, 0.3) is 5.91 Å². The summed E-state index contributed by atoms with van der Waals surface area (Å²) in [6.45, 7) is 0.431. The van der Waals surface area contributed by atoms with Crippen molar-refractivity contribution in [2.24, 2.45) is 0 Å². The van der Waals surface area contributed by atoms with Crippen molar-refractivity contribution in [3.8, 4) is 28.8 Å². The maximum absolute atomic E-state index is 13.0. The van der Waals surface area contributed by atoms with E-state index in [2.05, 4.69) is 20.6 Å². The third-order valence-corrected chi connectivity index (χ3v) is 4.63. The minimum atomic E-state index is -0.397. The minimum Gasteiger partial charge on any atom is -0.497 e. The summed E-state index contributed by atoms with van der Waals surface area (Å²) in [6, 6.07) is 14.0. The van der Waals surface area contributed by atoms with Crippen LogP contribution in [0.15, 0.2) is 54.6 Å². The van der Waals surface area contributed by atoms with Gasteiger partial charge in [-0.25, -0.2) is 4.39 Å². The molecule has 164 valence electrons. The van der Waals surface area contributed by atoms with Crippen LogP contribution in [0.3, 0.4) is 0 Å². The highest BCUT2D eigenvalue weighted by Gasteiger charge is 2.16. The Balaban J connectivity index is 1.46. The van der Waals surface area contributed by atoms with Gasteiger partial charge in [0.2, 0.25) is 5.88 Å². The molecular weight excluding hydrogens is 417 g/mol. The Kier molecular flexibility index (Phi) is 6.11. The SMILES string of the molecule is COc1ccc(OC)c(-c2nnc3ccc(OCCNC(=O)c4ccc(F)cc4)nn23)c1. The van der Waals surface area contributed by atoms with Gasteiger partial charge in [-0.3, -0.25) is 4.79 Å². The summed E-state index contributed by atoms with van der Waals surface area (Å²) in [4.78, 5) is 12.1. The smallest absolute Gasteiger partial charge is 0.251 e. The number of halogens is 1. The molecule has 32 heavy (non-hydrogen) atoms. The van der Waals surface area contributed by atoms with Gasteiger partial charge in [0.05, 0.1) is 26.3 Å². The molecule has 10 heteroatoms. The van der Waals surface area contributed by atoms with Gasteiger partial charge in [0.15, 0.2) is 11.5 Å². The Hall–Kier alpha value is -4.21. The first-order valence-electron chi connectivity index (χ1n) is 9.70. The lowest BCUT2D eigenvalue weighted by Gasteiger charge is -2.10. The van der Waals surface area contributed by atoms with Gasteiger partial charge in [0.1, 0.15) is 23.9 Å². The van der Waals surface area contributed by atoms with Gasteiger partial charge >= 0.3 is 0 Å². The Morgan fingerprint density at radius 2 is 1.84 bits per heavy atom. The Morgan fingerprint density at radius 1 is 1.03 bits per heavy atom. The quantitative estimate of drug-likeness (QED) is 0.423. The molecule has 0 radical (unpaired) electrons. The molecule has 0 saturated carbocycles. The van der Waals surface area contributed by atoms with E-state index in [0.29, 0.717) is 40.0 Å². The second-order valence-electron chi connectivity index (χ2n) is 6.64. The summed E-state index contributed by atoms with van der Waals surface area (Å²) in [6.07, 6.45) is 0. The zero-order valence-electron chi connectivity index (χ0n) is 17.4. The first kappa shape index (κ1) is 21.0. The Bertz CT molecular complexity index is 1240. The van der Waals surface area contributed by atoms with E-state index in [1.54, 1.807) is 49.1 Å². The average Bonchev–Trinajstić information content (AvgIpc) is 3.24. The molecule has 0 atom stereocenters. The molecule has 1 N–H and O–H groups in total. The molecule has 9 nitrogen and oxygen atoms in total. The van der Waals surface area contributed by atoms with Gasteiger partial charge in [-0.05, 0) is 48.5 Å². The summed E-state index contributed by atoms with van der Waals surface area (Å²) in [5.74, 6) is 1.32. The number of hydrogen-bond acceptors (Lipinski definition) is 7. The molecule has 0 aliphatic rings. The highest BCUT2D eigenvalue weighted by molar-refractivity contribution is 5.94. The molecule has 0 spiro atoms. The van der Waals surface area contributed by atoms with Crippen molar-refractivity contribution in [1.29, 1.82) is 0 Å².